The van der Waals surface area contributed by atoms with Gasteiger partial charge >= 0.3 is 0 Å². The van der Waals surface area contributed by atoms with E-state index in [0.717, 1.165) is 30.2 Å². The summed E-state index contributed by atoms with van der Waals surface area (Å²) in [4.78, 5) is 19.3. The molecule has 6 nitrogen and oxygen atoms in total. The van der Waals surface area contributed by atoms with E-state index in [9.17, 15) is 9.90 Å². The van der Waals surface area contributed by atoms with Crippen LogP contribution in [0, 0.1) is 6.92 Å². The maximum atomic E-state index is 12.5. The second-order valence-corrected chi connectivity index (χ2v) is 6.79. The molecule has 0 spiro atoms. The number of benzene rings is 1. The average Bonchev–Trinajstić information content (AvgIpc) is 2.63. The Morgan fingerprint density at radius 3 is 2.58 bits per heavy atom. The number of anilines is 2. The molecule has 2 aromatic rings. The molecule has 6 heteroatoms. The Morgan fingerprint density at radius 2 is 1.96 bits per heavy atom. The van der Waals surface area contributed by atoms with E-state index < -0.39 is 0 Å². The number of aryl methyl sites for hydroxylation is 1. The molecule has 3 rings (SSSR count). The summed E-state index contributed by atoms with van der Waals surface area (Å²) < 4.78 is 5.36. The van der Waals surface area contributed by atoms with Gasteiger partial charge in [0.15, 0.2) is 0 Å². The van der Waals surface area contributed by atoms with E-state index in [0.29, 0.717) is 18.9 Å². The van der Waals surface area contributed by atoms with Crippen LogP contribution in [0.5, 0.6) is 5.75 Å². The molecule has 0 radical (unpaired) electrons. The highest BCUT2D eigenvalue weighted by atomic mass is 16.5. The SMILES string of the molecule is Cc1nc(N2CCOCC2)ccc1NC(=O)c1ccc(C(C)C)cc1O. The lowest BCUT2D eigenvalue weighted by Gasteiger charge is -2.28. The Bertz CT molecular complexity index is 799. The first-order valence-corrected chi connectivity index (χ1v) is 8.90. The molecule has 0 saturated carbocycles. The zero-order valence-corrected chi connectivity index (χ0v) is 15.5. The molecule has 26 heavy (non-hydrogen) atoms. The first-order chi connectivity index (χ1) is 12.5. The van der Waals surface area contributed by atoms with Gasteiger partial charge in [0.2, 0.25) is 0 Å². The lowest BCUT2D eigenvalue weighted by Crippen LogP contribution is -2.36. The zero-order valence-electron chi connectivity index (χ0n) is 15.5. The van der Waals surface area contributed by atoms with Crippen molar-refractivity contribution in [2.45, 2.75) is 26.7 Å². The molecule has 1 saturated heterocycles. The van der Waals surface area contributed by atoms with Gasteiger partial charge in [-0.15, -0.1) is 0 Å². The summed E-state index contributed by atoms with van der Waals surface area (Å²) in [7, 11) is 0. The van der Waals surface area contributed by atoms with Gasteiger partial charge in [-0.3, -0.25) is 4.79 Å². The molecule has 0 aliphatic carbocycles. The second kappa shape index (κ2) is 7.74. The molecule has 2 heterocycles. The highest BCUT2D eigenvalue weighted by Gasteiger charge is 2.16. The van der Waals surface area contributed by atoms with Gasteiger partial charge in [0.25, 0.3) is 5.91 Å². The van der Waals surface area contributed by atoms with Crippen LogP contribution >= 0.6 is 0 Å². The van der Waals surface area contributed by atoms with Gasteiger partial charge in [-0.05, 0) is 42.7 Å². The van der Waals surface area contributed by atoms with E-state index in [1.54, 1.807) is 12.1 Å². The van der Waals surface area contributed by atoms with Crippen molar-refractivity contribution < 1.29 is 14.6 Å². The summed E-state index contributed by atoms with van der Waals surface area (Å²) in [6, 6.07) is 8.92. The largest absolute Gasteiger partial charge is 0.507 e. The van der Waals surface area contributed by atoms with E-state index in [1.807, 2.05) is 39.0 Å². The third-order valence-corrected chi connectivity index (χ3v) is 4.59. The number of hydrogen-bond acceptors (Lipinski definition) is 5. The molecule has 1 aromatic heterocycles. The van der Waals surface area contributed by atoms with E-state index in [4.69, 9.17) is 4.74 Å². The molecule has 1 aromatic carbocycles. The fourth-order valence-electron chi connectivity index (χ4n) is 2.94. The molecule has 0 unspecified atom stereocenters. The summed E-state index contributed by atoms with van der Waals surface area (Å²) in [6.45, 7) is 8.97. The average molecular weight is 355 g/mol. The van der Waals surface area contributed by atoms with Crippen molar-refractivity contribution in [3.63, 3.8) is 0 Å². The lowest BCUT2D eigenvalue weighted by molar-refractivity contribution is 0.102. The van der Waals surface area contributed by atoms with E-state index in [2.05, 4.69) is 15.2 Å². The third-order valence-electron chi connectivity index (χ3n) is 4.59. The Kier molecular flexibility index (Phi) is 5.42. The van der Waals surface area contributed by atoms with Crippen molar-refractivity contribution in [1.82, 2.24) is 4.98 Å². The van der Waals surface area contributed by atoms with Crippen LogP contribution in [0.4, 0.5) is 11.5 Å². The number of ether oxygens (including phenoxy) is 1. The number of morpholine rings is 1. The highest BCUT2D eigenvalue weighted by molar-refractivity contribution is 6.06. The highest BCUT2D eigenvalue weighted by Crippen LogP contribution is 2.25. The molecule has 0 bridgehead atoms. The van der Waals surface area contributed by atoms with E-state index >= 15 is 0 Å². The summed E-state index contributed by atoms with van der Waals surface area (Å²) in [5.41, 5.74) is 2.62. The van der Waals surface area contributed by atoms with Gasteiger partial charge in [-0.2, -0.15) is 0 Å². The number of phenols is 1. The summed E-state index contributed by atoms with van der Waals surface area (Å²) in [5.74, 6) is 0.816. The maximum Gasteiger partial charge on any atom is 0.259 e. The smallest absolute Gasteiger partial charge is 0.259 e. The normalized spacial score (nSPS) is 14.5. The van der Waals surface area contributed by atoms with Gasteiger partial charge in [-0.25, -0.2) is 4.98 Å². The molecule has 1 fully saturated rings. The summed E-state index contributed by atoms with van der Waals surface area (Å²) >= 11 is 0. The number of amides is 1. The van der Waals surface area contributed by atoms with Crippen molar-refractivity contribution in [1.29, 1.82) is 0 Å². The molecule has 1 amide bonds. The van der Waals surface area contributed by atoms with Crippen molar-refractivity contribution >= 4 is 17.4 Å². The van der Waals surface area contributed by atoms with Crippen molar-refractivity contribution in [2.24, 2.45) is 0 Å². The van der Waals surface area contributed by atoms with Crippen LogP contribution in [0.25, 0.3) is 0 Å². The van der Waals surface area contributed by atoms with Crippen molar-refractivity contribution in [2.75, 3.05) is 36.5 Å². The number of carbonyl (C=O) groups is 1. The van der Waals surface area contributed by atoms with Crippen LogP contribution in [0.2, 0.25) is 0 Å². The topological polar surface area (TPSA) is 74.7 Å². The predicted molar refractivity (Wildman–Crippen MR) is 102 cm³/mol. The molecule has 0 atom stereocenters. The Morgan fingerprint density at radius 1 is 1.23 bits per heavy atom. The van der Waals surface area contributed by atoms with Gasteiger partial charge in [0.05, 0.1) is 30.2 Å². The van der Waals surface area contributed by atoms with Crippen LogP contribution in [-0.4, -0.2) is 42.3 Å². The van der Waals surface area contributed by atoms with Crippen LogP contribution in [0.3, 0.4) is 0 Å². The lowest BCUT2D eigenvalue weighted by atomic mass is 10.0. The molecular formula is C20H25N3O3. The first-order valence-electron chi connectivity index (χ1n) is 8.90. The first kappa shape index (κ1) is 18.2. The van der Waals surface area contributed by atoms with E-state index in [-0.39, 0.29) is 23.1 Å². The standard InChI is InChI=1S/C20H25N3O3/c1-13(2)15-4-5-16(18(24)12-15)20(25)22-17-6-7-19(21-14(17)3)23-8-10-26-11-9-23/h4-7,12-13,24H,8-11H2,1-3H3,(H,22,25). The number of nitrogens with zero attached hydrogens (tertiary/aromatic N) is 2. The number of aromatic hydroxyl groups is 1. The predicted octanol–water partition coefficient (Wildman–Crippen LogP) is 3.31. The Balaban J connectivity index is 1.75. The van der Waals surface area contributed by atoms with Crippen LogP contribution in [-0.2, 0) is 4.74 Å². The molecule has 1 aliphatic heterocycles. The van der Waals surface area contributed by atoms with Crippen LogP contribution in [0.15, 0.2) is 30.3 Å². The summed E-state index contributed by atoms with van der Waals surface area (Å²) in [6.07, 6.45) is 0. The van der Waals surface area contributed by atoms with Crippen LogP contribution in [0.1, 0.15) is 41.4 Å². The van der Waals surface area contributed by atoms with Gasteiger partial charge in [0, 0.05) is 13.1 Å². The van der Waals surface area contributed by atoms with Gasteiger partial charge in [0.1, 0.15) is 11.6 Å². The molecule has 2 N–H and O–H groups in total. The fraction of sp³-hybridized carbons (Fsp3) is 0.400. The minimum Gasteiger partial charge on any atom is -0.507 e. The Labute approximate surface area is 153 Å². The van der Waals surface area contributed by atoms with E-state index in [1.165, 1.54) is 0 Å². The molecule has 138 valence electrons. The van der Waals surface area contributed by atoms with Gasteiger partial charge in [-0.1, -0.05) is 19.9 Å². The van der Waals surface area contributed by atoms with Crippen LogP contribution < -0.4 is 10.2 Å². The number of aromatic nitrogens is 1. The van der Waals surface area contributed by atoms with Crippen molar-refractivity contribution in [3.05, 3.63) is 47.2 Å². The van der Waals surface area contributed by atoms with Crippen molar-refractivity contribution in [3.8, 4) is 5.75 Å². The second-order valence-electron chi connectivity index (χ2n) is 6.79. The number of carbonyl (C=O) groups excluding carboxylic acids is 1. The zero-order chi connectivity index (χ0) is 18.7. The number of pyridine rings is 1. The maximum absolute atomic E-state index is 12.5. The fourth-order valence-corrected chi connectivity index (χ4v) is 2.94. The van der Waals surface area contributed by atoms with Gasteiger partial charge < -0.3 is 20.1 Å². The summed E-state index contributed by atoms with van der Waals surface area (Å²) in [5, 5.41) is 13.0. The minimum atomic E-state index is -0.346. The molecular weight excluding hydrogens is 330 g/mol. The number of hydrogen-bond donors (Lipinski definition) is 2. The number of phenolic OH excluding ortho intramolecular Hbond substituents is 1. The molecule has 1 aliphatic rings. The minimum absolute atomic E-state index is 0.00995. The third kappa shape index (κ3) is 3.96. The monoisotopic (exact) mass is 355 g/mol. The Hall–Kier alpha value is -2.60. The number of rotatable bonds is 4. The number of nitrogens with one attached hydrogen (secondary N) is 1. The quantitative estimate of drug-likeness (QED) is 0.880.